The van der Waals surface area contributed by atoms with Gasteiger partial charge in [0.2, 0.25) is 0 Å². The summed E-state index contributed by atoms with van der Waals surface area (Å²) in [6.45, 7) is 0.0287. The number of hydrogen-bond acceptors (Lipinski definition) is 3. The van der Waals surface area contributed by atoms with Gasteiger partial charge in [-0.3, -0.25) is 0 Å². The molecule has 3 rings (SSSR count). The summed E-state index contributed by atoms with van der Waals surface area (Å²) in [6.07, 6.45) is -0.541. The number of aliphatic hydroxyl groups is 1. The molecular formula is C17H13F3N2O. The molecule has 23 heavy (non-hydrogen) atoms. The fourth-order valence-electron chi connectivity index (χ4n) is 3.00. The average Bonchev–Trinajstić information content (AvgIpc) is 2.88. The van der Waals surface area contributed by atoms with Gasteiger partial charge in [0.05, 0.1) is 23.8 Å². The third-order valence-corrected chi connectivity index (χ3v) is 3.95. The molecule has 1 fully saturated rings. The number of β-amino-alcohol motifs (C(OH)–C–C–N with tert-alkyl or cyclic N) is 1. The van der Waals surface area contributed by atoms with E-state index in [9.17, 15) is 18.3 Å². The minimum absolute atomic E-state index is 0.0287. The summed E-state index contributed by atoms with van der Waals surface area (Å²) in [5.74, 6) is -2.21. The maximum absolute atomic E-state index is 14.3. The smallest absolute Gasteiger partial charge is 0.150 e. The lowest BCUT2D eigenvalue weighted by atomic mass is 10.0. The highest BCUT2D eigenvalue weighted by atomic mass is 19.1. The van der Waals surface area contributed by atoms with Crippen LogP contribution in [0.5, 0.6) is 0 Å². The van der Waals surface area contributed by atoms with Crippen molar-refractivity contribution in [1.29, 1.82) is 5.26 Å². The van der Waals surface area contributed by atoms with Crippen LogP contribution in [0.4, 0.5) is 18.9 Å². The number of rotatable bonds is 2. The molecule has 0 aliphatic carbocycles. The van der Waals surface area contributed by atoms with E-state index in [2.05, 4.69) is 0 Å². The Morgan fingerprint density at radius 3 is 2.43 bits per heavy atom. The van der Waals surface area contributed by atoms with Gasteiger partial charge in [-0.05, 0) is 36.2 Å². The van der Waals surface area contributed by atoms with Crippen LogP contribution >= 0.6 is 0 Å². The molecule has 2 atom stereocenters. The van der Waals surface area contributed by atoms with Gasteiger partial charge in [-0.1, -0.05) is 12.1 Å². The van der Waals surface area contributed by atoms with Crippen molar-refractivity contribution < 1.29 is 18.3 Å². The third-order valence-electron chi connectivity index (χ3n) is 3.95. The number of hydrogen-bond donors (Lipinski definition) is 1. The predicted octanol–water partition coefficient (Wildman–Crippen LogP) is 3.29. The minimum atomic E-state index is -0.878. The van der Waals surface area contributed by atoms with E-state index in [0.29, 0.717) is 5.56 Å². The second-order valence-corrected chi connectivity index (χ2v) is 5.51. The normalized spacial score (nSPS) is 20.6. The summed E-state index contributed by atoms with van der Waals surface area (Å²) in [6, 6.07) is 8.78. The zero-order valence-electron chi connectivity index (χ0n) is 12.0. The van der Waals surface area contributed by atoms with E-state index in [1.165, 1.54) is 23.1 Å². The number of halogens is 3. The van der Waals surface area contributed by atoms with Gasteiger partial charge in [0.15, 0.2) is 11.6 Å². The number of aliphatic hydroxyl groups excluding tert-OH is 1. The molecule has 1 aliphatic heterocycles. The maximum atomic E-state index is 14.3. The summed E-state index contributed by atoms with van der Waals surface area (Å²) >= 11 is 0. The molecule has 1 N–H and O–H groups in total. The van der Waals surface area contributed by atoms with E-state index in [4.69, 9.17) is 5.26 Å². The van der Waals surface area contributed by atoms with Crippen LogP contribution in [0.3, 0.4) is 0 Å². The Balaban J connectivity index is 2.06. The topological polar surface area (TPSA) is 47.3 Å². The predicted molar refractivity (Wildman–Crippen MR) is 78.2 cm³/mol. The lowest BCUT2D eigenvalue weighted by Crippen LogP contribution is -2.26. The van der Waals surface area contributed by atoms with Gasteiger partial charge < -0.3 is 10.0 Å². The van der Waals surface area contributed by atoms with Crippen molar-refractivity contribution in [3.63, 3.8) is 0 Å². The monoisotopic (exact) mass is 318 g/mol. The van der Waals surface area contributed by atoms with Crippen molar-refractivity contribution in [2.45, 2.75) is 18.6 Å². The van der Waals surface area contributed by atoms with Gasteiger partial charge in [0.25, 0.3) is 0 Å². The molecule has 0 spiro atoms. The Hall–Kier alpha value is -2.52. The molecule has 6 heteroatoms. The Morgan fingerprint density at radius 1 is 1.13 bits per heavy atom. The molecule has 1 aliphatic rings. The van der Waals surface area contributed by atoms with E-state index in [-0.39, 0.29) is 24.2 Å². The van der Waals surface area contributed by atoms with Gasteiger partial charge in [-0.15, -0.1) is 0 Å². The zero-order valence-corrected chi connectivity index (χ0v) is 12.0. The summed E-state index contributed by atoms with van der Waals surface area (Å²) < 4.78 is 42.0. The third kappa shape index (κ3) is 2.88. The molecule has 0 unspecified atom stereocenters. The van der Waals surface area contributed by atoms with Gasteiger partial charge in [0.1, 0.15) is 11.5 Å². The first-order chi connectivity index (χ1) is 11.0. The molecule has 2 aromatic carbocycles. The second kappa shape index (κ2) is 5.94. The van der Waals surface area contributed by atoms with Crippen molar-refractivity contribution >= 4 is 5.69 Å². The van der Waals surface area contributed by atoms with Crippen LogP contribution in [0.1, 0.15) is 23.6 Å². The van der Waals surface area contributed by atoms with Crippen LogP contribution in [0.25, 0.3) is 0 Å². The van der Waals surface area contributed by atoms with Crippen LogP contribution in [-0.2, 0) is 0 Å². The molecule has 2 aromatic rings. The lowest BCUT2D eigenvalue weighted by molar-refractivity contribution is 0.194. The van der Waals surface area contributed by atoms with Crippen LogP contribution in [-0.4, -0.2) is 17.8 Å². The van der Waals surface area contributed by atoms with E-state index in [1.807, 2.05) is 0 Å². The largest absolute Gasteiger partial charge is 0.391 e. The molecule has 1 heterocycles. The van der Waals surface area contributed by atoms with E-state index >= 15 is 0 Å². The lowest BCUT2D eigenvalue weighted by Gasteiger charge is -2.27. The van der Waals surface area contributed by atoms with Crippen molar-refractivity contribution in [3.05, 3.63) is 65.0 Å². The molecule has 0 amide bonds. The van der Waals surface area contributed by atoms with Crippen LogP contribution < -0.4 is 4.90 Å². The molecule has 0 radical (unpaired) electrons. The zero-order chi connectivity index (χ0) is 16.6. The van der Waals surface area contributed by atoms with Crippen LogP contribution in [0.2, 0.25) is 0 Å². The Morgan fingerprint density at radius 2 is 1.83 bits per heavy atom. The van der Waals surface area contributed by atoms with Gasteiger partial charge in [0, 0.05) is 6.54 Å². The van der Waals surface area contributed by atoms with Gasteiger partial charge >= 0.3 is 0 Å². The summed E-state index contributed by atoms with van der Waals surface area (Å²) in [5, 5.41) is 18.7. The number of anilines is 1. The van der Waals surface area contributed by atoms with Gasteiger partial charge in [-0.25, -0.2) is 13.2 Å². The number of nitrogens with zero attached hydrogens (tertiary/aromatic N) is 2. The van der Waals surface area contributed by atoms with Crippen molar-refractivity contribution in [3.8, 4) is 6.07 Å². The van der Waals surface area contributed by atoms with Crippen molar-refractivity contribution in [2.24, 2.45) is 0 Å². The fourth-order valence-corrected chi connectivity index (χ4v) is 3.00. The summed E-state index contributed by atoms with van der Waals surface area (Å²) in [7, 11) is 0. The Bertz CT molecular complexity index is 765. The number of nitriles is 1. The quantitative estimate of drug-likeness (QED) is 0.924. The SMILES string of the molecule is N#Cc1cc(F)c(N2C[C@@H](O)C[C@H]2c2cccc(F)c2)c(F)c1. The first-order valence-corrected chi connectivity index (χ1v) is 7.09. The number of benzene rings is 2. The minimum Gasteiger partial charge on any atom is -0.391 e. The molecule has 118 valence electrons. The second-order valence-electron chi connectivity index (χ2n) is 5.51. The standard InChI is InChI=1S/C17H13F3N2O/c18-12-3-1-2-11(6-12)16-7-13(23)9-22(16)17-14(19)4-10(8-21)5-15(17)20/h1-6,13,16,23H,7,9H2/t13-,16-/m0/s1. The fraction of sp³-hybridized carbons (Fsp3) is 0.235. The average molecular weight is 318 g/mol. The van der Waals surface area contributed by atoms with E-state index < -0.39 is 29.6 Å². The Labute approximate surface area is 131 Å². The van der Waals surface area contributed by atoms with Crippen molar-refractivity contribution in [2.75, 3.05) is 11.4 Å². The highest BCUT2D eigenvalue weighted by molar-refractivity contribution is 5.55. The molecular weight excluding hydrogens is 305 g/mol. The van der Waals surface area contributed by atoms with E-state index in [0.717, 1.165) is 12.1 Å². The van der Waals surface area contributed by atoms with Crippen LogP contribution in [0, 0.1) is 28.8 Å². The van der Waals surface area contributed by atoms with Gasteiger partial charge in [-0.2, -0.15) is 5.26 Å². The highest BCUT2D eigenvalue weighted by Gasteiger charge is 2.35. The van der Waals surface area contributed by atoms with Crippen LogP contribution in [0.15, 0.2) is 36.4 Å². The maximum Gasteiger partial charge on any atom is 0.150 e. The summed E-state index contributed by atoms with van der Waals surface area (Å²) in [5.41, 5.74) is 0.102. The summed E-state index contributed by atoms with van der Waals surface area (Å²) in [4.78, 5) is 1.38. The first-order valence-electron chi connectivity index (χ1n) is 7.09. The van der Waals surface area contributed by atoms with Crippen molar-refractivity contribution in [1.82, 2.24) is 0 Å². The molecule has 1 saturated heterocycles. The molecule has 3 nitrogen and oxygen atoms in total. The molecule has 0 aromatic heterocycles. The molecule has 0 saturated carbocycles. The Kier molecular flexibility index (Phi) is 3.97. The first kappa shape index (κ1) is 15.4. The highest BCUT2D eigenvalue weighted by Crippen LogP contribution is 2.39. The van der Waals surface area contributed by atoms with E-state index in [1.54, 1.807) is 12.1 Å². The molecule has 0 bridgehead atoms.